The van der Waals surface area contributed by atoms with Crippen LogP contribution in [0, 0.1) is 7.14 Å². The van der Waals surface area contributed by atoms with Crippen LogP contribution < -0.4 is 21.2 Å². The summed E-state index contributed by atoms with van der Waals surface area (Å²) >= 11 is -0.00366. The quantitative estimate of drug-likeness (QED) is 0.262. The van der Waals surface area contributed by atoms with Crippen LogP contribution in [-0.4, -0.2) is 7.25 Å². The summed E-state index contributed by atoms with van der Waals surface area (Å²) in [6, 6.07) is 20.2. The molecule has 2 aromatic rings. The van der Waals surface area contributed by atoms with E-state index in [4.69, 9.17) is 0 Å². The maximum atomic E-state index is 9.75. The Morgan fingerprint density at radius 3 is 1.83 bits per heavy atom. The van der Waals surface area contributed by atoms with Gasteiger partial charge in [-0.1, -0.05) is 56.5 Å². The fourth-order valence-electron chi connectivity index (χ4n) is 2.07. The van der Waals surface area contributed by atoms with Gasteiger partial charge < -0.3 is 17.3 Å². The molecule has 0 unspecified atom stereocenters. The zero-order valence-electron chi connectivity index (χ0n) is 13.7. The number of unbranched alkanes of at least 4 members (excludes halogenated alkanes) is 3. The van der Waals surface area contributed by atoms with Crippen molar-refractivity contribution in [3.63, 3.8) is 0 Å². The highest BCUT2D eigenvalue weighted by Crippen LogP contribution is 2.07. The Bertz CT molecular complexity index is 549. The first-order valence-corrected chi connectivity index (χ1v) is 10.2. The molecule has 0 atom stereocenters. The molecule has 24 heavy (non-hydrogen) atoms. The van der Waals surface area contributed by atoms with Gasteiger partial charge in [-0.25, -0.2) is 0 Å². The van der Waals surface area contributed by atoms with Crippen LogP contribution in [0.15, 0.2) is 54.6 Å². The van der Waals surface area contributed by atoms with E-state index in [1.165, 1.54) is 44.8 Å². The Balaban J connectivity index is 0.000000505. The summed E-state index contributed by atoms with van der Waals surface area (Å²) in [7, 11) is -6.00. The van der Waals surface area contributed by atoms with Gasteiger partial charge in [-0.2, -0.15) is 0 Å². The van der Waals surface area contributed by atoms with Crippen molar-refractivity contribution >= 4 is 7.25 Å². The van der Waals surface area contributed by atoms with Gasteiger partial charge in [0.25, 0.3) is 0 Å². The molecule has 2 rings (SSSR count). The average molecular weight is 452 g/mol. The van der Waals surface area contributed by atoms with Crippen LogP contribution >= 0.6 is 0 Å². The van der Waals surface area contributed by atoms with Gasteiger partial charge in [0.05, 0.1) is 0 Å². The third-order valence-corrected chi connectivity index (χ3v) is 5.87. The number of halogens is 5. The zero-order chi connectivity index (χ0) is 17.8. The molecule has 0 spiro atoms. The van der Waals surface area contributed by atoms with Crippen molar-refractivity contribution < 1.29 is 38.5 Å². The second-order valence-corrected chi connectivity index (χ2v) is 8.35. The van der Waals surface area contributed by atoms with Gasteiger partial charge in [-0.15, -0.1) is 0 Å². The Morgan fingerprint density at radius 2 is 1.29 bits per heavy atom. The molecule has 0 fully saturated rings. The first-order chi connectivity index (χ1) is 11.4. The van der Waals surface area contributed by atoms with Crippen LogP contribution in [0.4, 0.5) is 17.3 Å². The van der Waals surface area contributed by atoms with E-state index >= 15 is 0 Å². The van der Waals surface area contributed by atoms with E-state index in [1.54, 1.807) is 0 Å². The first kappa shape index (κ1) is 21.0. The topological polar surface area (TPSA) is 0 Å². The van der Waals surface area contributed by atoms with E-state index in [0.717, 1.165) is 0 Å². The fraction of sp³-hybridized carbons (Fsp3) is 0.333. The highest BCUT2D eigenvalue weighted by atomic mass is 127. The average Bonchev–Trinajstić information content (AvgIpc) is 2.53. The van der Waals surface area contributed by atoms with Gasteiger partial charge in [0.2, 0.25) is 0 Å². The van der Waals surface area contributed by atoms with Crippen LogP contribution in [0.2, 0.25) is 0 Å². The summed E-state index contributed by atoms with van der Waals surface area (Å²) in [4.78, 5) is 0. The minimum atomic E-state index is -6.00. The molecule has 0 aromatic heterocycles. The maximum Gasteiger partial charge on any atom is 0.673 e. The van der Waals surface area contributed by atoms with Crippen molar-refractivity contribution in [2.45, 2.75) is 39.0 Å². The summed E-state index contributed by atoms with van der Waals surface area (Å²) < 4.78 is 42.0. The van der Waals surface area contributed by atoms with Gasteiger partial charge in [0, 0.05) is 0 Å². The molecule has 0 amide bonds. The third kappa shape index (κ3) is 11.5. The van der Waals surface area contributed by atoms with Gasteiger partial charge in [-0.3, -0.25) is 0 Å². The number of aryl methyl sites for hydroxylation is 1. The summed E-state index contributed by atoms with van der Waals surface area (Å²) in [5, 5.41) is 0. The zero-order valence-corrected chi connectivity index (χ0v) is 15.9. The predicted molar refractivity (Wildman–Crippen MR) is 88.3 cm³/mol. The summed E-state index contributed by atoms with van der Waals surface area (Å²) in [6.45, 7) is 2.27. The van der Waals surface area contributed by atoms with Gasteiger partial charge >= 0.3 is 28.5 Å². The number of rotatable bonds is 7. The minimum Gasteiger partial charge on any atom is -0.418 e. The van der Waals surface area contributed by atoms with Gasteiger partial charge in [-0.05, 0) is 42.7 Å². The molecule has 0 aliphatic rings. The Hall–Kier alpha value is -1.05. The van der Waals surface area contributed by atoms with E-state index in [9.17, 15) is 17.3 Å². The molecule has 0 saturated heterocycles. The monoisotopic (exact) mass is 452 g/mol. The van der Waals surface area contributed by atoms with E-state index < -0.39 is 7.25 Å². The van der Waals surface area contributed by atoms with E-state index in [1.807, 2.05) is 0 Å². The van der Waals surface area contributed by atoms with Gasteiger partial charge in [0.15, 0.2) is 7.14 Å². The van der Waals surface area contributed by atoms with E-state index in [0.29, 0.717) is 0 Å². The molecular weight excluding hydrogens is 430 g/mol. The maximum absolute atomic E-state index is 9.75. The molecule has 0 saturated carbocycles. The van der Waals surface area contributed by atoms with Crippen molar-refractivity contribution in [2.75, 3.05) is 0 Å². The Morgan fingerprint density at radius 1 is 0.750 bits per heavy atom. The molecule has 132 valence electrons. The minimum absolute atomic E-state index is 0.00366. The lowest BCUT2D eigenvalue weighted by atomic mass is 10.1. The smallest absolute Gasteiger partial charge is 0.418 e. The van der Waals surface area contributed by atoms with E-state index in [-0.39, 0.29) is 21.2 Å². The molecule has 0 N–H and O–H groups in total. The van der Waals surface area contributed by atoms with Crippen molar-refractivity contribution in [2.24, 2.45) is 0 Å². The lowest BCUT2D eigenvalue weighted by Gasteiger charge is -2.00. The molecule has 0 bridgehead atoms. The normalized spacial score (nSPS) is 10.9. The summed E-state index contributed by atoms with van der Waals surface area (Å²) in [6.07, 6.45) is 6.64. The lowest BCUT2D eigenvalue weighted by molar-refractivity contribution is -0.597. The van der Waals surface area contributed by atoms with E-state index in [2.05, 4.69) is 61.5 Å². The van der Waals surface area contributed by atoms with Crippen molar-refractivity contribution in [3.8, 4) is 0 Å². The van der Waals surface area contributed by atoms with Crippen LogP contribution in [0.1, 0.15) is 38.2 Å². The predicted octanol–water partition coefficient (Wildman–Crippen LogP) is 3.24. The highest BCUT2D eigenvalue weighted by molar-refractivity contribution is 6.50. The molecule has 0 radical (unpaired) electrons. The van der Waals surface area contributed by atoms with Crippen molar-refractivity contribution in [1.29, 1.82) is 0 Å². The Labute approximate surface area is 152 Å². The summed E-state index contributed by atoms with van der Waals surface area (Å²) in [5.41, 5.74) is 1.50. The molecular formula is C18H22BF4I. The Kier molecular flexibility index (Phi) is 10.1. The molecule has 0 aliphatic carbocycles. The van der Waals surface area contributed by atoms with Crippen LogP contribution in [0.5, 0.6) is 0 Å². The number of benzene rings is 2. The third-order valence-electron chi connectivity index (χ3n) is 3.18. The van der Waals surface area contributed by atoms with Crippen LogP contribution in [0.25, 0.3) is 0 Å². The molecule has 2 aromatic carbocycles. The summed E-state index contributed by atoms with van der Waals surface area (Å²) in [5.74, 6) is 0. The lowest BCUT2D eigenvalue weighted by Crippen LogP contribution is -3.61. The van der Waals surface area contributed by atoms with Crippen molar-refractivity contribution in [1.82, 2.24) is 0 Å². The second-order valence-electron chi connectivity index (χ2n) is 5.32. The molecule has 6 heteroatoms. The number of hydrogen-bond donors (Lipinski definition) is 0. The molecule has 0 nitrogen and oxygen atoms in total. The van der Waals surface area contributed by atoms with Crippen molar-refractivity contribution in [3.05, 3.63) is 67.3 Å². The standard InChI is InChI=1S/C18H22I.BF4/c1-2-3-4-6-9-16-12-14-18(15-13-16)19-17-10-7-5-8-11-17;2-1(3,4)5/h5,7-8,10-15H,2-4,6,9H2,1H3;/q+1;-1. The first-order valence-electron chi connectivity index (χ1n) is 8.04. The molecule has 0 heterocycles. The fourth-order valence-corrected chi connectivity index (χ4v) is 4.29. The second kappa shape index (κ2) is 11.5. The highest BCUT2D eigenvalue weighted by Gasteiger charge is 2.20. The number of hydrogen-bond acceptors (Lipinski definition) is 0. The SMILES string of the molecule is CCCCCCc1ccc([I+]c2ccccc2)cc1.F[B-](F)(F)F. The van der Waals surface area contributed by atoms with Crippen LogP contribution in [-0.2, 0) is 6.42 Å². The molecule has 0 aliphatic heterocycles. The largest absolute Gasteiger partial charge is 0.673 e. The van der Waals surface area contributed by atoms with Gasteiger partial charge in [0.1, 0.15) is 0 Å². The van der Waals surface area contributed by atoms with Crippen LogP contribution in [0.3, 0.4) is 0 Å².